The van der Waals surface area contributed by atoms with Crippen molar-refractivity contribution in [2.45, 2.75) is 44.8 Å². The maximum Gasteiger partial charge on any atom is 0.119 e. The zero-order valence-electron chi connectivity index (χ0n) is 11.1. The summed E-state index contributed by atoms with van der Waals surface area (Å²) in [6.07, 6.45) is 4.70. The fourth-order valence-electron chi connectivity index (χ4n) is 2.23. The molecule has 2 N–H and O–H groups in total. The van der Waals surface area contributed by atoms with E-state index >= 15 is 0 Å². The molecule has 0 radical (unpaired) electrons. The van der Waals surface area contributed by atoms with E-state index in [4.69, 9.17) is 15.2 Å². The SMILES string of the molecule is CC[C@@H](N)c1ccc(OCCC2CCCO2)cc1. The van der Waals surface area contributed by atoms with Crippen LogP contribution in [0.3, 0.4) is 0 Å². The van der Waals surface area contributed by atoms with Crippen LogP contribution < -0.4 is 10.5 Å². The molecule has 18 heavy (non-hydrogen) atoms. The standard InChI is InChI=1S/C15H23NO2/c1-2-15(16)12-5-7-14(8-6-12)18-11-9-13-4-3-10-17-13/h5-8,13,15H,2-4,9-11,16H2,1H3/t13?,15-/m1/s1. The summed E-state index contributed by atoms with van der Waals surface area (Å²) in [5.41, 5.74) is 7.14. The van der Waals surface area contributed by atoms with Crippen LogP contribution >= 0.6 is 0 Å². The minimum atomic E-state index is 0.130. The monoisotopic (exact) mass is 249 g/mol. The van der Waals surface area contributed by atoms with Crippen molar-refractivity contribution in [3.8, 4) is 5.75 Å². The van der Waals surface area contributed by atoms with E-state index in [1.54, 1.807) is 0 Å². The Morgan fingerprint density at radius 2 is 2.17 bits per heavy atom. The quantitative estimate of drug-likeness (QED) is 0.842. The van der Waals surface area contributed by atoms with Gasteiger partial charge in [0, 0.05) is 19.1 Å². The predicted molar refractivity (Wildman–Crippen MR) is 72.7 cm³/mol. The first-order valence-corrected chi connectivity index (χ1v) is 6.89. The largest absolute Gasteiger partial charge is 0.493 e. The van der Waals surface area contributed by atoms with Gasteiger partial charge in [-0.1, -0.05) is 19.1 Å². The molecule has 1 aromatic rings. The molecule has 0 spiro atoms. The lowest BCUT2D eigenvalue weighted by atomic mass is 10.1. The summed E-state index contributed by atoms with van der Waals surface area (Å²) in [4.78, 5) is 0. The lowest BCUT2D eigenvalue weighted by Crippen LogP contribution is -2.11. The van der Waals surface area contributed by atoms with Crippen LogP contribution in [0.4, 0.5) is 0 Å². The van der Waals surface area contributed by atoms with Gasteiger partial charge in [-0.2, -0.15) is 0 Å². The van der Waals surface area contributed by atoms with E-state index in [1.165, 1.54) is 18.4 Å². The number of hydrogen-bond donors (Lipinski definition) is 1. The van der Waals surface area contributed by atoms with Crippen LogP contribution in [-0.2, 0) is 4.74 Å². The summed E-state index contributed by atoms with van der Waals surface area (Å²) in [6.45, 7) is 3.73. The normalized spacial score (nSPS) is 20.9. The number of nitrogens with two attached hydrogens (primary N) is 1. The molecule has 1 saturated heterocycles. The second-order valence-electron chi connectivity index (χ2n) is 4.86. The van der Waals surface area contributed by atoms with Crippen molar-refractivity contribution >= 4 is 0 Å². The summed E-state index contributed by atoms with van der Waals surface area (Å²) in [7, 11) is 0. The van der Waals surface area contributed by atoms with E-state index in [9.17, 15) is 0 Å². The minimum absolute atomic E-state index is 0.130. The van der Waals surface area contributed by atoms with Gasteiger partial charge in [-0.3, -0.25) is 0 Å². The molecule has 3 heteroatoms. The number of benzene rings is 1. The molecule has 0 amide bonds. The maximum absolute atomic E-state index is 5.97. The maximum atomic E-state index is 5.97. The van der Waals surface area contributed by atoms with Gasteiger partial charge in [-0.15, -0.1) is 0 Å². The third-order valence-electron chi connectivity index (χ3n) is 3.48. The van der Waals surface area contributed by atoms with Crippen molar-refractivity contribution < 1.29 is 9.47 Å². The summed E-state index contributed by atoms with van der Waals surface area (Å²) in [6, 6.07) is 8.23. The van der Waals surface area contributed by atoms with E-state index in [1.807, 2.05) is 12.1 Å². The molecule has 1 aliphatic heterocycles. The highest BCUT2D eigenvalue weighted by Crippen LogP contribution is 2.19. The zero-order chi connectivity index (χ0) is 12.8. The van der Waals surface area contributed by atoms with E-state index in [-0.39, 0.29) is 6.04 Å². The molecular formula is C15H23NO2. The fraction of sp³-hybridized carbons (Fsp3) is 0.600. The van der Waals surface area contributed by atoms with E-state index in [0.29, 0.717) is 6.10 Å². The molecule has 2 atom stereocenters. The molecule has 1 heterocycles. The summed E-state index contributed by atoms with van der Waals surface area (Å²) in [5.74, 6) is 0.917. The van der Waals surface area contributed by atoms with Crippen molar-refractivity contribution in [2.75, 3.05) is 13.2 Å². The molecule has 100 valence electrons. The zero-order valence-corrected chi connectivity index (χ0v) is 11.1. The lowest BCUT2D eigenvalue weighted by Gasteiger charge is -2.12. The van der Waals surface area contributed by atoms with E-state index in [0.717, 1.165) is 31.8 Å². The second-order valence-corrected chi connectivity index (χ2v) is 4.86. The Labute approximate surface area is 109 Å². The Morgan fingerprint density at radius 1 is 1.39 bits per heavy atom. The Morgan fingerprint density at radius 3 is 2.78 bits per heavy atom. The Bertz CT molecular complexity index is 344. The van der Waals surface area contributed by atoms with Crippen LogP contribution in [0.1, 0.15) is 44.2 Å². The Balaban J connectivity index is 1.75. The Hall–Kier alpha value is -1.06. The van der Waals surface area contributed by atoms with E-state index < -0.39 is 0 Å². The molecule has 0 aliphatic carbocycles. The number of ether oxygens (including phenoxy) is 2. The number of rotatable bonds is 6. The van der Waals surface area contributed by atoms with Gasteiger partial charge in [-0.05, 0) is 37.0 Å². The van der Waals surface area contributed by atoms with Crippen LogP contribution in [0, 0.1) is 0 Å². The third kappa shape index (κ3) is 3.72. The molecule has 0 bridgehead atoms. The van der Waals surface area contributed by atoms with Gasteiger partial charge in [0.15, 0.2) is 0 Å². The third-order valence-corrected chi connectivity index (χ3v) is 3.48. The first-order chi connectivity index (χ1) is 8.79. The summed E-state index contributed by atoms with van der Waals surface area (Å²) < 4.78 is 11.3. The summed E-state index contributed by atoms with van der Waals surface area (Å²) in [5, 5.41) is 0. The van der Waals surface area contributed by atoms with Crippen molar-refractivity contribution in [1.29, 1.82) is 0 Å². The first kappa shape index (κ1) is 13.4. The van der Waals surface area contributed by atoms with Gasteiger partial charge >= 0.3 is 0 Å². The highest BCUT2D eigenvalue weighted by Gasteiger charge is 2.14. The molecule has 3 nitrogen and oxygen atoms in total. The molecule has 1 fully saturated rings. The van der Waals surface area contributed by atoms with Crippen LogP contribution in [0.2, 0.25) is 0 Å². The van der Waals surface area contributed by atoms with Crippen LogP contribution in [-0.4, -0.2) is 19.3 Å². The molecule has 1 aromatic carbocycles. The van der Waals surface area contributed by atoms with Gasteiger partial charge in [0.2, 0.25) is 0 Å². The average molecular weight is 249 g/mol. The van der Waals surface area contributed by atoms with Gasteiger partial charge < -0.3 is 15.2 Å². The molecule has 1 aliphatic rings. The van der Waals surface area contributed by atoms with Gasteiger partial charge in [0.25, 0.3) is 0 Å². The molecule has 0 aromatic heterocycles. The molecule has 2 rings (SSSR count). The first-order valence-electron chi connectivity index (χ1n) is 6.89. The Kier molecular flexibility index (Phi) is 5.02. The average Bonchev–Trinajstić information content (AvgIpc) is 2.92. The van der Waals surface area contributed by atoms with E-state index in [2.05, 4.69) is 19.1 Å². The predicted octanol–water partition coefficient (Wildman–Crippen LogP) is 3.04. The van der Waals surface area contributed by atoms with Gasteiger partial charge in [0.05, 0.1) is 12.7 Å². The smallest absolute Gasteiger partial charge is 0.119 e. The van der Waals surface area contributed by atoms with Crippen LogP contribution in [0.5, 0.6) is 5.75 Å². The van der Waals surface area contributed by atoms with Crippen molar-refractivity contribution in [3.63, 3.8) is 0 Å². The van der Waals surface area contributed by atoms with Crippen molar-refractivity contribution in [1.82, 2.24) is 0 Å². The van der Waals surface area contributed by atoms with Crippen molar-refractivity contribution in [3.05, 3.63) is 29.8 Å². The molecule has 0 saturated carbocycles. The van der Waals surface area contributed by atoms with Gasteiger partial charge in [0.1, 0.15) is 5.75 Å². The highest BCUT2D eigenvalue weighted by atomic mass is 16.5. The topological polar surface area (TPSA) is 44.5 Å². The molecule has 1 unspecified atom stereocenters. The summed E-state index contributed by atoms with van der Waals surface area (Å²) >= 11 is 0. The minimum Gasteiger partial charge on any atom is -0.493 e. The van der Waals surface area contributed by atoms with Crippen molar-refractivity contribution in [2.24, 2.45) is 5.73 Å². The second kappa shape index (κ2) is 6.76. The van der Waals surface area contributed by atoms with Crippen LogP contribution in [0.25, 0.3) is 0 Å². The lowest BCUT2D eigenvalue weighted by molar-refractivity contribution is 0.0903. The number of hydrogen-bond acceptors (Lipinski definition) is 3. The van der Waals surface area contributed by atoms with Crippen LogP contribution in [0.15, 0.2) is 24.3 Å². The molecular weight excluding hydrogens is 226 g/mol. The van der Waals surface area contributed by atoms with Gasteiger partial charge in [-0.25, -0.2) is 0 Å². The highest BCUT2D eigenvalue weighted by molar-refractivity contribution is 5.28. The fourth-order valence-corrected chi connectivity index (χ4v) is 2.23.